The van der Waals surface area contributed by atoms with E-state index in [0.717, 1.165) is 24.5 Å². The lowest BCUT2D eigenvalue weighted by molar-refractivity contribution is -0.0705. The van der Waals surface area contributed by atoms with Gasteiger partial charge in [-0.15, -0.1) is 11.3 Å². The molecule has 1 aromatic heterocycles. The molecule has 2 heterocycles. The van der Waals surface area contributed by atoms with Crippen LogP contribution in [0, 0.1) is 0 Å². The Balaban J connectivity index is 1.63. The quantitative estimate of drug-likeness (QED) is 0.905. The van der Waals surface area contributed by atoms with Crippen molar-refractivity contribution in [2.45, 2.75) is 39.1 Å². The van der Waals surface area contributed by atoms with E-state index < -0.39 is 0 Å². The van der Waals surface area contributed by atoms with Gasteiger partial charge in [-0.1, -0.05) is 30.3 Å². The Bertz CT molecular complexity index is 662. The van der Waals surface area contributed by atoms with E-state index in [1.807, 2.05) is 23.6 Å². The van der Waals surface area contributed by atoms with Crippen molar-refractivity contribution in [2.24, 2.45) is 0 Å². The monoisotopic (exact) mass is 344 g/mol. The Labute approximate surface area is 147 Å². The molecule has 5 heteroatoms. The first-order chi connectivity index (χ1) is 11.6. The van der Waals surface area contributed by atoms with E-state index >= 15 is 0 Å². The highest BCUT2D eigenvalue weighted by molar-refractivity contribution is 7.12. The van der Waals surface area contributed by atoms with Gasteiger partial charge in [-0.3, -0.25) is 9.69 Å². The molecule has 0 unspecified atom stereocenters. The molecular weight excluding hydrogens is 320 g/mol. The summed E-state index contributed by atoms with van der Waals surface area (Å²) in [7, 11) is 0. The maximum atomic E-state index is 12.1. The molecule has 128 valence electrons. The standard InChI is InChI=1S/C19H24N2O2S/c1-14-11-21(12-15(2)23-14)13-17-7-4-3-6-16(17)10-20-19(22)18-8-5-9-24-18/h3-9,14-15H,10-13H2,1-2H3,(H,20,22)/t14-,15-/m0/s1. The van der Waals surface area contributed by atoms with Crippen LogP contribution in [-0.2, 0) is 17.8 Å². The van der Waals surface area contributed by atoms with E-state index in [4.69, 9.17) is 4.74 Å². The molecule has 0 bridgehead atoms. The third-order valence-electron chi connectivity index (χ3n) is 4.19. The summed E-state index contributed by atoms with van der Waals surface area (Å²) in [4.78, 5) is 15.3. The Morgan fingerprint density at radius 2 is 1.88 bits per heavy atom. The summed E-state index contributed by atoms with van der Waals surface area (Å²) in [5, 5.41) is 4.95. The van der Waals surface area contributed by atoms with Gasteiger partial charge in [0.25, 0.3) is 5.91 Å². The van der Waals surface area contributed by atoms with Crippen LogP contribution in [0.3, 0.4) is 0 Å². The molecule has 1 saturated heterocycles. The molecule has 0 saturated carbocycles. The maximum absolute atomic E-state index is 12.1. The number of benzene rings is 1. The van der Waals surface area contributed by atoms with Gasteiger partial charge in [-0.25, -0.2) is 0 Å². The van der Waals surface area contributed by atoms with Crippen molar-refractivity contribution < 1.29 is 9.53 Å². The smallest absolute Gasteiger partial charge is 0.261 e. The Kier molecular flexibility index (Phi) is 5.66. The number of hydrogen-bond acceptors (Lipinski definition) is 4. The van der Waals surface area contributed by atoms with E-state index in [9.17, 15) is 4.79 Å². The molecule has 1 aliphatic rings. The van der Waals surface area contributed by atoms with E-state index in [1.165, 1.54) is 22.5 Å². The van der Waals surface area contributed by atoms with Crippen LogP contribution in [0.15, 0.2) is 41.8 Å². The van der Waals surface area contributed by atoms with Crippen LogP contribution in [0.4, 0.5) is 0 Å². The van der Waals surface area contributed by atoms with Gasteiger partial charge in [0.2, 0.25) is 0 Å². The lowest BCUT2D eigenvalue weighted by Gasteiger charge is -2.35. The van der Waals surface area contributed by atoms with Crippen molar-refractivity contribution in [2.75, 3.05) is 13.1 Å². The molecule has 3 rings (SSSR count). The minimum absolute atomic E-state index is 0.00609. The summed E-state index contributed by atoms with van der Waals surface area (Å²) >= 11 is 1.47. The van der Waals surface area contributed by atoms with Crippen LogP contribution in [0.25, 0.3) is 0 Å². The van der Waals surface area contributed by atoms with Gasteiger partial charge in [-0.2, -0.15) is 0 Å². The molecule has 1 aliphatic heterocycles. The first-order valence-electron chi connectivity index (χ1n) is 8.38. The van der Waals surface area contributed by atoms with Gasteiger partial charge in [0, 0.05) is 26.2 Å². The van der Waals surface area contributed by atoms with Crippen LogP contribution in [0.1, 0.15) is 34.6 Å². The largest absolute Gasteiger partial charge is 0.373 e. The molecule has 4 nitrogen and oxygen atoms in total. The number of rotatable bonds is 5. The Morgan fingerprint density at radius 1 is 1.17 bits per heavy atom. The molecule has 0 spiro atoms. The van der Waals surface area contributed by atoms with Gasteiger partial charge in [0.05, 0.1) is 17.1 Å². The summed E-state index contributed by atoms with van der Waals surface area (Å²) < 4.78 is 5.81. The number of amides is 1. The fourth-order valence-corrected chi connectivity index (χ4v) is 3.85. The van der Waals surface area contributed by atoms with E-state index in [-0.39, 0.29) is 18.1 Å². The molecular formula is C19H24N2O2S. The molecule has 1 N–H and O–H groups in total. The summed E-state index contributed by atoms with van der Waals surface area (Å²) in [5.74, 6) is -0.00609. The number of ether oxygens (including phenoxy) is 1. The van der Waals surface area contributed by atoms with Gasteiger partial charge >= 0.3 is 0 Å². The third-order valence-corrected chi connectivity index (χ3v) is 5.06. The van der Waals surface area contributed by atoms with Crippen molar-refractivity contribution in [3.8, 4) is 0 Å². The highest BCUT2D eigenvalue weighted by Crippen LogP contribution is 2.17. The lowest BCUT2D eigenvalue weighted by Crippen LogP contribution is -2.45. The van der Waals surface area contributed by atoms with Crippen molar-refractivity contribution >= 4 is 17.2 Å². The Hall–Kier alpha value is -1.69. The van der Waals surface area contributed by atoms with Crippen LogP contribution in [0.2, 0.25) is 0 Å². The summed E-state index contributed by atoms with van der Waals surface area (Å²) in [6.07, 6.45) is 0.527. The highest BCUT2D eigenvalue weighted by Gasteiger charge is 2.22. The van der Waals surface area contributed by atoms with Gasteiger partial charge in [0.1, 0.15) is 0 Å². The lowest BCUT2D eigenvalue weighted by atomic mass is 10.1. The number of thiophene rings is 1. The second-order valence-corrected chi connectivity index (χ2v) is 7.33. The second-order valence-electron chi connectivity index (χ2n) is 6.38. The molecule has 2 aromatic rings. The van der Waals surface area contributed by atoms with E-state index in [2.05, 4.69) is 42.3 Å². The van der Waals surface area contributed by atoms with Crippen LogP contribution >= 0.6 is 11.3 Å². The normalized spacial score (nSPS) is 21.6. The van der Waals surface area contributed by atoms with Crippen molar-refractivity contribution in [3.05, 3.63) is 57.8 Å². The highest BCUT2D eigenvalue weighted by atomic mass is 32.1. The maximum Gasteiger partial charge on any atom is 0.261 e. The fraction of sp³-hybridized carbons (Fsp3) is 0.421. The molecule has 0 aliphatic carbocycles. The minimum atomic E-state index is -0.00609. The summed E-state index contributed by atoms with van der Waals surface area (Å²) in [6, 6.07) is 12.1. The van der Waals surface area contributed by atoms with E-state index in [1.54, 1.807) is 0 Å². The summed E-state index contributed by atoms with van der Waals surface area (Å²) in [6.45, 7) is 7.58. The van der Waals surface area contributed by atoms with Crippen molar-refractivity contribution in [1.82, 2.24) is 10.2 Å². The molecule has 1 amide bonds. The topological polar surface area (TPSA) is 41.6 Å². The zero-order valence-electron chi connectivity index (χ0n) is 14.2. The molecule has 1 aromatic carbocycles. The van der Waals surface area contributed by atoms with Gasteiger partial charge in [0.15, 0.2) is 0 Å². The number of nitrogens with zero attached hydrogens (tertiary/aromatic N) is 1. The fourth-order valence-electron chi connectivity index (χ4n) is 3.21. The predicted molar refractivity (Wildman–Crippen MR) is 97.2 cm³/mol. The number of carbonyl (C=O) groups excluding carboxylic acids is 1. The first kappa shape index (κ1) is 17.1. The van der Waals surface area contributed by atoms with Crippen LogP contribution in [-0.4, -0.2) is 36.1 Å². The zero-order valence-corrected chi connectivity index (χ0v) is 15.0. The first-order valence-corrected chi connectivity index (χ1v) is 9.26. The van der Waals surface area contributed by atoms with E-state index in [0.29, 0.717) is 6.54 Å². The van der Waals surface area contributed by atoms with Gasteiger partial charge in [-0.05, 0) is 36.4 Å². The average molecular weight is 344 g/mol. The Morgan fingerprint density at radius 3 is 2.54 bits per heavy atom. The minimum Gasteiger partial charge on any atom is -0.373 e. The second kappa shape index (κ2) is 7.92. The van der Waals surface area contributed by atoms with Crippen molar-refractivity contribution in [1.29, 1.82) is 0 Å². The zero-order chi connectivity index (χ0) is 16.9. The third kappa shape index (κ3) is 4.44. The number of carbonyl (C=O) groups is 1. The SMILES string of the molecule is C[C@H]1CN(Cc2ccccc2CNC(=O)c2cccs2)C[C@H](C)O1. The molecule has 1 fully saturated rings. The van der Waals surface area contributed by atoms with Crippen molar-refractivity contribution in [3.63, 3.8) is 0 Å². The van der Waals surface area contributed by atoms with Crippen LogP contribution in [0.5, 0.6) is 0 Å². The predicted octanol–water partition coefficient (Wildman–Crippen LogP) is 3.29. The molecule has 0 radical (unpaired) electrons. The number of hydrogen-bond donors (Lipinski definition) is 1. The average Bonchev–Trinajstić information content (AvgIpc) is 3.07. The number of morpholine rings is 1. The number of nitrogens with one attached hydrogen (secondary N) is 1. The van der Waals surface area contributed by atoms with Crippen LogP contribution < -0.4 is 5.32 Å². The van der Waals surface area contributed by atoms with Gasteiger partial charge < -0.3 is 10.1 Å². The molecule has 24 heavy (non-hydrogen) atoms. The molecule has 2 atom stereocenters. The summed E-state index contributed by atoms with van der Waals surface area (Å²) in [5.41, 5.74) is 2.44.